The van der Waals surface area contributed by atoms with Gasteiger partial charge in [-0.15, -0.1) is 0 Å². The van der Waals surface area contributed by atoms with E-state index in [0.717, 1.165) is 17.6 Å². The second-order valence-corrected chi connectivity index (χ2v) is 6.11. The Balaban J connectivity index is 2.69. The summed E-state index contributed by atoms with van der Waals surface area (Å²) in [6, 6.07) is 0.371. The lowest BCUT2D eigenvalue weighted by Gasteiger charge is -2.28. The van der Waals surface area contributed by atoms with Crippen molar-refractivity contribution in [1.82, 2.24) is 19.4 Å². The number of nitrogen functional groups attached to an aromatic ring is 1. The maximum Gasteiger partial charge on any atom is 0.146 e. The Kier molecular flexibility index (Phi) is 3.99. The third kappa shape index (κ3) is 2.38. The minimum atomic E-state index is 0.371. The van der Waals surface area contributed by atoms with Crippen LogP contribution in [0.3, 0.4) is 0 Å². The highest BCUT2D eigenvalue weighted by Crippen LogP contribution is 2.32. The molecule has 1 atom stereocenters. The van der Waals surface area contributed by atoms with E-state index in [0.29, 0.717) is 17.8 Å². The van der Waals surface area contributed by atoms with Gasteiger partial charge in [0.25, 0.3) is 0 Å². The Bertz CT molecular complexity index is 612. The summed E-state index contributed by atoms with van der Waals surface area (Å²) >= 11 is 0. The molecule has 2 aromatic rings. The van der Waals surface area contributed by atoms with Crippen molar-refractivity contribution in [2.75, 3.05) is 26.4 Å². The largest absolute Gasteiger partial charge is 0.383 e. The predicted molar refractivity (Wildman–Crippen MR) is 83.8 cm³/mol. The minimum Gasteiger partial charge on any atom is -0.383 e. The van der Waals surface area contributed by atoms with E-state index < -0.39 is 0 Å². The molecular formula is C15H25N5. The van der Waals surface area contributed by atoms with E-state index in [-0.39, 0.29) is 0 Å². The molecule has 5 heteroatoms. The Hall–Kier alpha value is -1.62. The monoisotopic (exact) mass is 275 g/mol. The standard InChI is InChI=1S/C15H25N5/c1-9(2)12(7-19(5)6)20-11(4)10(3)13-14(16)17-8-18-15(13)20/h8-9,12H,7H2,1-6H3,(H2,16,17,18). The molecule has 2 rings (SSSR count). The van der Waals surface area contributed by atoms with Crippen molar-refractivity contribution >= 4 is 16.9 Å². The first kappa shape index (κ1) is 14.8. The van der Waals surface area contributed by atoms with Crippen molar-refractivity contribution in [3.8, 4) is 0 Å². The van der Waals surface area contributed by atoms with Gasteiger partial charge in [0.1, 0.15) is 17.8 Å². The van der Waals surface area contributed by atoms with Gasteiger partial charge in [0.2, 0.25) is 0 Å². The number of fused-ring (bicyclic) bond motifs is 1. The Labute approximate surface area is 120 Å². The van der Waals surface area contributed by atoms with Crippen LogP contribution in [0.15, 0.2) is 6.33 Å². The quantitative estimate of drug-likeness (QED) is 0.930. The van der Waals surface area contributed by atoms with Gasteiger partial charge in [-0.1, -0.05) is 13.8 Å². The number of rotatable bonds is 4. The molecule has 0 bridgehead atoms. The topological polar surface area (TPSA) is 60.0 Å². The molecular weight excluding hydrogens is 250 g/mol. The van der Waals surface area contributed by atoms with Crippen LogP contribution in [0.2, 0.25) is 0 Å². The van der Waals surface area contributed by atoms with Gasteiger partial charge in [0.05, 0.1) is 11.4 Å². The fraction of sp³-hybridized carbons (Fsp3) is 0.600. The zero-order chi connectivity index (χ0) is 15.0. The molecule has 1 unspecified atom stereocenters. The van der Waals surface area contributed by atoms with Crippen LogP contribution in [0.25, 0.3) is 11.0 Å². The van der Waals surface area contributed by atoms with E-state index in [9.17, 15) is 0 Å². The van der Waals surface area contributed by atoms with Crippen LogP contribution in [0, 0.1) is 19.8 Å². The van der Waals surface area contributed by atoms with Crippen molar-refractivity contribution in [1.29, 1.82) is 0 Å². The molecule has 0 aromatic carbocycles. The molecule has 0 spiro atoms. The van der Waals surface area contributed by atoms with Gasteiger partial charge in [-0.25, -0.2) is 9.97 Å². The van der Waals surface area contributed by atoms with Crippen molar-refractivity contribution < 1.29 is 0 Å². The van der Waals surface area contributed by atoms with Crippen molar-refractivity contribution in [3.05, 3.63) is 17.6 Å². The lowest BCUT2D eigenvalue weighted by Crippen LogP contribution is -2.29. The molecule has 0 aliphatic rings. The molecule has 0 fully saturated rings. The average molecular weight is 275 g/mol. The molecule has 2 heterocycles. The van der Waals surface area contributed by atoms with Crippen molar-refractivity contribution in [2.24, 2.45) is 5.92 Å². The smallest absolute Gasteiger partial charge is 0.146 e. The van der Waals surface area contributed by atoms with E-state index in [1.807, 2.05) is 0 Å². The van der Waals surface area contributed by atoms with Gasteiger partial charge in [-0.05, 0) is 39.4 Å². The first-order valence-electron chi connectivity index (χ1n) is 7.06. The highest BCUT2D eigenvalue weighted by Gasteiger charge is 2.24. The predicted octanol–water partition coefficient (Wildman–Crippen LogP) is 2.39. The average Bonchev–Trinajstić information content (AvgIpc) is 2.60. The Morgan fingerprint density at radius 3 is 2.45 bits per heavy atom. The third-order valence-electron chi connectivity index (χ3n) is 4.02. The van der Waals surface area contributed by atoms with Crippen LogP contribution in [-0.4, -0.2) is 40.1 Å². The lowest BCUT2D eigenvalue weighted by molar-refractivity contribution is 0.271. The summed E-state index contributed by atoms with van der Waals surface area (Å²) in [7, 11) is 4.21. The number of nitrogens with zero attached hydrogens (tertiary/aromatic N) is 4. The van der Waals surface area contributed by atoms with Gasteiger partial charge in [-0.3, -0.25) is 0 Å². The first-order chi connectivity index (χ1) is 9.34. The summed E-state index contributed by atoms with van der Waals surface area (Å²) in [6.07, 6.45) is 1.56. The highest BCUT2D eigenvalue weighted by molar-refractivity contribution is 5.90. The number of hydrogen-bond donors (Lipinski definition) is 1. The van der Waals surface area contributed by atoms with E-state index in [1.165, 1.54) is 11.3 Å². The van der Waals surface area contributed by atoms with Gasteiger partial charge in [-0.2, -0.15) is 0 Å². The summed E-state index contributed by atoms with van der Waals surface area (Å²) in [5, 5.41) is 0.995. The number of anilines is 1. The molecule has 5 nitrogen and oxygen atoms in total. The summed E-state index contributed by atoms with van der Waals surface area (Å²) in [5.41, 5.74) is 9.41. The minimum absolute atomic E-state index is 0.371. The molecule has 0 amide bonds. The normalized spacial score (nSPS) is 13.6. The summed E-state index contributed by atoms with van der Waals surface area (Å²) in [6.45, 7) is 9.71. The zero-order valence-corrected chi connectivity index (χ0v) is 13.3. The number of hydrogen-bond acceptors (Lipinski definition) is 4. The van der Waals surface area contributed by atoms with Crippen LogP contribution in [0.1, 0.15) is 31.1 Å². The fourth-order valence-electron chi connectivity index (χ4n) is 2.82. The second-order valence-electron chi connectivity index (χ2n) is 6.11. The number of aryl methyl sites for hydroxylation is 1. The second kappa shape index (κ2) is 5.40. The summed E-state index contributed by atoms with van der Waals surface area (Å²) in [4.78, 5) is 10.8. The van der Waals surface area contributed by atoms with Gasteiger partial charge < -0.3 is 15.2 Å². The van der Waals surface area contributed by atoms with Crippen LogP contribution in [-0.2, 0) is 0 Å². The lowest BCUT2D eigenvalue weighted by atomic mass is 10.0. The number of nitrogens with two attached hydrogens (primary N) is 1. The maximum atomic E-state index is 6.04. The van der Waals surface area contributed by atoms with Gasteiger partial charge >= 0.3 is 0 Å². The summed E-state index contributed by atoms with van der Waals surface area (Å²) in [5.74, 6) is 1.09. The first-order valence-corrected chi connectivity index (χ1v) is 7.06. The van der Waals surface area contributed by atoms with Gasteiger partial charge in [0, 0.05) is 12.2 Å². The third-order valence-corrected chi connectivity index (χ3v) is 4.02. The van der Waals surface area contributed by atoms with Crippen LogP contribution in [0.5, 0.6) is 0 Å². The van der Waals surface area contributed by atoms with E-state index in [1.54, 1.807) is 6.33 Å². The van der Waals surface area contributed by atoms with Crippen LogP contribution >= 0.6 is 0 Å². The van der Waals surface area contributed by atoms with Crippen LogP contribution in [0.4, 0.5) is 5.82 Å². The molecule has 0 aliphatic carbocycles. The molecule has 0 saturated carbocycles. The van der Waals surface area contributed by atoms with E-state index in [4.69, 9.17) is 5.73 Å². The Morgan fingerprint density at radius 2 is 1.90 bits per heavy atom. The molecule has 2 N–H and O–H groups in total. The fourth-order valence-corrected chi connectivity index (χ4v) is 2.82. The number of aromatic nitrogens is 3. The Morgan fingerprint density at radius 1 is 1.25 bits per heavy atom. The zero-order valence-electron chi connectivity index (χ0n) is 13.3. The van der Waals surface area contributed by atoms with Crippen LogP contribution < -0.4 is 5.73 Å². The molecule has 110 valence electrons. The molecule has 0 radical (unpaired) electrons. The molecule has 20 heavy (non-hydrogen) atoms. The van der Waals surface area contributed by atoms with E-state index in [2.05, 4.69) is 61.2 Å². The molecule has 0 saturated heterocycles. The van der Waals surface area contributed by atoms with Gasteiger partial charge in [0.15, 0.2) is 0 Å². The molecule has 2 aromatic heterocycles. The highest BCUT2D eigenvalue weighted by atomic mass is 15.2. The van der Waals surface area contributed by atoms with Crippen molar-refractivity contribution in [2.45, 2.75) is 33.7 Å². The SMILES string of the molecule is Cc1c(C)n(C(CN(C)C)C(C)C)c2ncnc(N)c12. The van der Waals surface area contributed by atoms with Crippen molar-refractivity contribution in [3.63, 3.8) is 0 Å². The van der Waals surface area contributed by atoms with E-state index >= 15 is 0 Å². The molecule has 0 aliphatic heterocycles. The maximum absolute atomic E-state index is 6.04. The number of likely N-dealkylation sites (N-methyl/N-ethyl adjacent to an activating group) is 1. The summed E-state index contributed by atoms with van der Waals surface area (Å²) < 4.78 is 2.33.